The van der Waals surface area contributed by atoms with Crippen molar-refractivity contribution in [1.29, 1.82) is 0 Å². The molecular formula is C22H27FN4O5. The number of H-pyrrole nitrogens is 1. The molecule has 1 aromatic carbocycles. The highest BCUT2D eigenvalue weighted by molar-refractivity contribution is 5.85. The number of carbonyl (C=O) groups is 3. The third-order valence-electron chi connectivity index (χ3n) is 6.65. The van der Waals surface area contributed by atoms with Crippen molar-refractivity contribution in [2.75, 3.05) is 13.2 Å². The summed E-state index contributed by atoms with van der Waals surface area (Å²) in [6.07, 6.45) is 1.73. The Kier molecular flexibility index (Phi) is 5.89. The summed E-state index contributed by atoms with van der Waals surface area (Å²) < 4.78 is 19.5. The highest BCUT2D eigenvalue weighted by Gasteiger charge is 2.65. The Morgan fingerprint density at radius 1 is 1.47 bits per heavy atom. The minimum Gasteiger partial charge on any atom is -0.483 e. The molecule has 32 heavy (non-hydrogen) atoms. The van der Waals surface area contributed by atoms with Gasteiger partial charge in [-0.1, -0.05) is 13.8 Å². The molecule has 3 aliphatic rings. The Labute approximate surface area is 184 Å². The number of fused-ring (bicyclic) bond motifs is 1. The first-order valence-electron chi connectivity index (χ1n) is 10.8. The van der Waals surface area contributed by atoms with Crippen molar-refractivity contribution in [3.63, 3.8) is 0 Å². The van der Waals surface area contributed by atoms with Crippen LogP contribution in [-0.2, 0) is 25.5 Å². The van der Waals surface area contributed by atoms with Crippen LogP contribution in [0, 0.1) is 11.7 Å². The number of hydrogen-bond acceptors (Lipinski definition) is 5. The predicted molar refractivity (Wildman–Crippen MR) is 112 cm³/mol. The Balaban J connectivity index is 0.000000775. The van der Waals surface area contributed by atoms with Crippen LogP contribution >= 0.6 is 0 Å². The van der Waals surface area contributed by atoms with E-state index in [1.165, 1.54) is 12.1 Å². The molecule has 2 aromatic rings. The van der Waals surface area contributed by atoms with Crippen LogP contribution in [0.25, 0.3) is 11.0 Å². The van der Waals surface area contributed by atoms with E-state index in [1.807, 2.05) is 9.80 Å². The van der Waals surface area contributed by atoms with E-state index in [1.54, 1.807) is 6.07 Å². The fourth-order valence-electron chi connectivity index (χ4n) is 5.19. The average molecular weight is 446 g/mol. The summed E-state index contributed by atoms with van der Waals surface area (Å²) in [5.41, 5.74) is 0.673. The standard InChI is InChI=1S/C21H25FN4O3.CH2O2/c1-12(2)16-11-29-21-7-8-25(17(21)10-20(28)26(16)21)19(27)6-5-18-23-14-4-3-13(22)9-15(14)24-18;2-1-3/h3-4,9,12,16-17H,5-8,10-11H2,1-2H3,(H,23,24);1H,(H,2,3)/t16-,17+,21-;/m0./s1. The number of imidazole rings is 1. The largest absolute Gasteiger partial charge is 0.483 e. The lowest BCUT2D eigenvalue weighted by molar-refractivity contribution is -0.141. The molecule has 4 heterocycles. The van der Waals surface area contributed by atoms with Gasteiger partial charge in [0.2, 0.25) is 11.8 Å². The number of amides is 2. The number of benzene rings is 1. The summed E-state index contributed by atoms with van der Waals surface area (Å²) >= 11 is 0. The molecule has 3 saturated heterocycles. The minimum absolute atomic E-state index is 0.00441. The van der Waals surface area contributed by atoms with Gasteiger partial charge in [-0.05, 0) is 24.1 Å². The number of aryl methyl sites for hydroxylation is 1. The van der Waals surface area contributed by atoms with Crippen LogP contribution in [0.3, 0.4) is 0 Å². The third kappa shape index (κ3) is 3.62. The van der Waals surface area contributed by atoms with Gasteiger partial charge in [-0.3, -0.25) is 14.4 Å². The molecule has 172 valence electrons. The van der Waals surface area contributed by atoms with E-state index >= 15 is 0 Å². The number of nitrogens with zero attached hydrogens (tertiary/aromatic N) is 3. The fraction of sp³-hybridized carbons (Fsp3) is 0.545. The topological polar surface area (TPSA) is 116 Å². The Morgan fingerprint density at radius 2 is 2.22 bits per heavy atom. The molecule has 0 radical (unpaired) electrons. The van der Waals surface area contributed by atoms with Gasteiger partial charge in [0.25, 0.3) is 6.47 Å². The van der Waals surface area contributed by atoms with Gasteiger partial charge in [0.15, 0.2) is 5.72 Å². The quantitative estimate of drug-likeness (QED) is 0.694. The van der Waals surface area contributed by atoms with Crippen molar-refractivity contribution in [1.82, 2.24) is 19.8 Å². The molecule has 0 aliphatic carbocycles. The minimum atomic E-state index is -0.640. The van der Waals surface area contributed by atoms with Gasteiger partial charge < -0.3 is 24.6 Å². The molecule has 1 spiro atoms. The summed E-state index contributed by atoms with van der Waals surface area (Å²) in [4.78, 5) is 45.3. The Hall–Kier alpha value is -3.01. The Morgan fingerprint density at radius 3 is 2.94 bits per heavy atom. The summed E-state index contributed by atoms with van der Waals surface area (Å²) in [5, 5.41) is 6.89. The second-order valence-electron chi connectivity index (χ2n) is 8.74. The van der Waals surface area contributed by atoms with Crippen LogP contribution in [0.1, 0.15) is 38.9 Å². The van der Waals surface area contributed by atoms with Gasteiger partial charge in [-0.15, -0.1) is 0 Å². The lowest BCUT2D eigenvalue weighted by Gasteiger charge is -2.34. The number of likely N-dealkylation sites (tertiary alicyclic amines) is 1. The number of aromatic nitrogens is 2. The zero-order chi connectivity index (χ0) is 23.0. The van der Waals surface area contributed by atoms with E-state index in [2.05, 4.69) is 23.8 Å². The molecule has 0 saturated carbocycles. The highest BCUT2D eigenvalue weighted by Crippen LogP contribution is 2.48. The third-order valence-corrected chi connectivity index (χ3v) is 6.65. The van der Waals surface area contributed by atoms with E-state index in [0.29, 0.717) is 55.2 Å². The van der Waals surface area contributed by atoms with Gasteiger partial charge >= 0.3 is 0 Å². The molecule has 0 bridgehead atoms. The first kappa shape index (κ1) is 22.2. The first-order chi connectivity index (χ1) is 15.3. The van der Waals surface area contributed by atoms with Crippen LogP contribution in [0.4, 0.5) is 4.39 Å². The lowest BCUT2D eigenvalue weighted by atomic mass is 10.0. The van der Waals surface area contributed by atoms with Gasteiger partial charge in [0.1, 0.15) is 11.6 Å². The molecule has 5 rings (SSSR count). The molecule has 10 heteroatoms. The van der Waals surface area contributed by atoms with Gasteiger partial charge in [0, 0.05) is 25.8 Å². The number of hydrogen-bond donors (Lipinski definition) is 2. The maximum atomic E-state index is 13.4. The molecule has 3 aliphatic heterocycles. The van der Waals surface area contributed by atoms with Crippen LogP contribution in [0.15, 0.2) is 18.2 Å². The zero-order valence-corrected chi connectivity index (χ0v) is 18.1. The summed E-state index contributed by atoms with van der Waals surface area (Å²) in [7, 11) is 0. The SMILES string of the molecule is CC(C)[C@@H]1CO[C@@]23CCN(C(=O)CCc4nc5ccc(F)cc5[nH]4)[C@@H]2CC(=O)N13.O=CO. The van der Waals surface area contributed by atoms with Crippen molar-refractivity contribution in [2.45, 2.75) is 57.3 Å². The number of halogens is 1. The van der Waals surface area contributed by atoms with Crippen LogP contribution in [0.2, 0.25) is 0 Å². The van der Waals surface area contributed by atoms with E-state index < -0.39 is 5.72 Å². The smallest absolute Gasteiger partial charge is 0.290 e. The Bertz CT molecular complexity index is 1040. The number of carboxylic acid groups (broad SMARTS) is 1. The van der Waals surface area contributed by atoms with Crippen molar-refractivity contribution < 1.29 is 28.6 Å². The van der Waals surface area contributed by atoms with E-state index in [-0.39, 0.29) is 42.6 Å². The van der Waals surface area contributed by atoms with Crippen molar-refractivity contribution >= 4 is 29.3 Å². The maximum absolute atomic E-state index is 13.4. The van der Waals surface area contributed by atoms with Gasteiger partial charge in [0.05, 0.1) is 36.1 Å². The first-order valence-corrected chi connectivity index (χ1v) is 10.8. The van der Waals surface area contributed by atoms with Crippen molar-refractivity contribution in [2.24, 2.45) is 5.92 Å². The van der Waals surface area contributed by atoms with Crippen LogP contribution in [0.5, 0.6) is 0 Å². The van der Waals surface area contributed by atoms with Crippen molar-refractivity contribution in [3.05, 3.63) is 29.8 Å². The molecule has 0 unspecified atom stereocenters. The van der Waals surface area contributed by atoms with Gasteiger partial charge in [-0.2, -0.15) is 0 Å². The number of carbonyl (C=O) groups excluding carboxylic acids is 2. The summed E-state index contributed by atoms with van der Waals surface area (Å²) in [6.45, 7) is 5.09. The van der Waals surface area contributed by atoms with Crippen molar-refractivity contribution in [3.8, 4) is 0 Å². The maximum Gasteiger partial charge on any atom is 0.290 e. The number of rotatable bonds is 4. The normalized spacial score (nSPS) is 26.3. The van der Waals surface area contributed by atoms with E-state index in [0.717, 1.165) is 0 Å². The highest BCUT2D eigenvalue weighted by atomic mass is 19.1. The molecule has 2 amide bonds. The number of nitrogens with one attached hydrogen (secondary N) is 1. The fourth-order valence-corrected chi connectivity index (χ4v) is 5.19. The molecule has 1 aromatic heterocycles. The number of aromatic amines is 1. The molecule has 9 nitrogen and oxygen atoms in total. The average Bonchev–Trinajstić information content (AvgIpc) is 3.46. The molecule has 3 fully saturated rings. The van der Waals surface area contributed by atoms with E-state index in [9.17, 15) is 14.0 Å². The number of ether oxygens (including phenoxy) is 1. The summed E-state index contributed by atoms with van der Waals surface area (Å²) in [6, 6.07) is 4.27. The predicted octanol–water partition coefficient (Wildman–Crippen LogP) is 1.92. The molecule has 3 atom stereocenters. The van der Waals surface area contributed by atoms with E-state index in [4.69, 9.17) is 14.6 Å². The molecule has 2 N–H and O–H groups in total. The monoisotopic (exact) mass is 446 g/mol. The van der Waals surface area contributed by atoms with Crippen LogP contribution in [-0.4, -0.2) is 74.1 Å². The lowest BCUT2D eigenvalue weighted by Crippen LogP contribution is -2.51. The second-order valence-corrected chi connectivity index (χ2v) is 8.74. The second kappa shape index (κ2) is 8.50. The summed E-state index contributed by atoms with van der Waals surface area (Å²) in [5.74, 6) is 0.749. The zero-order valence-electron chi connectivity index (χ0n) is 18.1. The van der Waals surface area contributed by atoms with Crippen LogP contribution < -0.4 is 0 Å². The van der Waals surface area contributed by atoms with Gasteiger partial charge in [-0.25, -0.2) is 9.37 Å². The molecular weight excluding hydrogens is 419 g/mol.